The number of methoxy groups -OCH3 is 1. The van der Waals surface area contributed by atoms with Gasteiger partial charge in [-0.3, -0.25) is 9.36 Å². The van der Waals surface area contributed by atoms with Gasteiger partial charge < -0.3 is 25.6 Å². The zero-order valence-corrected chi connectivity index (χ0v) is 23.2. The van der Waals surface area contributed by atoms with E-state index < -0.39 is 0 Å². The molecular weight excluding hydrogens is 514 g/mol. The topological polar surface area (TPSA) is 102 Å². The second kappa shape index (κ2) is 11.3. The highest BCUT2D eigenvalue weighted by Crippen LogP contribution is 2.32. The lowest BCUT2D eigenvalue weighted by molar-refractivity contribution is 0.312. The summed E-state index contributed by atoms with van der Waals surface area (Å²) in [6.45, 7) is 3.98. The number of rotatable bonds is 7. The summed E-state index contributed by atoms with van der Waals surface area (Å²) in [5.74, 6) is 1.05. The van der Waals surface area contributed by atoms with Crippen molar-refractivity contribution in [2.75, 3.05) is 56.3 Å². The Morgan fingerprint density at radius 1 is 0.927 bits per heavy atom. The predicted octanol–water partition coefficient (Wildman–Crippen LogP) is 4.46. The van der Waals surface area contributed by atoms with Crippen molar-refractivity contribution in [3.8, 4) is 11.4 Å². The first-order valence-electron chi connectivity index (χ1n) is 13.7. The largest absolute Gasteiger partial charge is 0.494 e. The molecule has 1 saturated heterocycles. The summed E-state index contributed by atoms with van der Waals surface area (Å²) in [6.07, 6.45) is 2.24. The second-order valence-corrected chi connectivity index (χ2v) is 10.3. The molecule has 41 heavy (non-hydrogen) atoms. The number of nitrogens with two attached hydrogens (primary N) is 1. The number of aromatic nitrogens is 3. The summed E-state index contributed by atoms with van der Waals surface area (Å²) in [6, 6.07) is 25.2. The number of nitrogens with zero attached hydrogens (tertiary/aromatic N) is 5. The van der Waals surface area contributed by atoms with Gasteiger partial charge in [-0.1, -0.05) is 36.4 Å². The van der Waals surface area contributed by atoms with Crippen LogP contribution in [0.4, 0.5) is 23.0 Å². The normalized spacial score (nSPS) is 13.9. The molecule has 0 bridgehead atoms. The molecule has 0 amide bonds. The van der Waals surface area contributed by atoms with Crippen LogP contribution >= 0.6 is 0 Å². The number of ether oxygens (including phenoxy) is 1. The molecule has 0 aliphatic carbocycles. The number of hydrogen-bond acceptors (Lipinski definition) is 8. The molecule has 0 atom stereocenters. The van der Waals surface area contributed by atoms with E-state index in [0.29, 0.717) is 40.7 Å². The van der Waals surface area contributed by atoms with Crippen molar-refractivity contribution in [2.45, 2.75) is 6.42 Å². The Labute approximate surface area is 238 Å². The summed E-state index contributed by atoms with van der Waals surface area (Å²) < 4.78 is 7.35. The smallest absolute Gasteiger partial charge is 0.260 e. The van der Waals surface area contributed by atoms with Gasteiger partial charge in [-0.25, -0.2) is 4.98 Å². The monoisotopic (exact) mass is 547 g/mol. The average molecular weight is 548 g/mol. The van der Waals surface area contributed by atoms with Gasteiger partial charge in [0.1, 0.15) is 5.75 Å². The van der Waals surface area contributed by atoms with E-state index in [1.807, 2.05) is 60.7 Å². The lowest BCUT2D eigenvalue weighted by atomic mass is 10.1. The standard InChI is InChI=1S/C32H33N7O2/c1-37-13-15-38(16-14-37)26-11-12-28(29(20-26)41-2)35-32-34-21-24-18-23(17-22-7-4-3-5-8-22)31(40)39(30(24)36-32)27-10-6-9-25(33)19-27/h3-12,18-21H,13-17,33H2,1-2H3,(H,34,35,36). The van der Waals surface area contributed by atoms with Crippen LogP contribution in [0.15, 0.2) is 89.9 Å². The minimum Gasteiger partial charge on any atom is -0.494 e. The summed E-state index contributed by atoms with van der Waals surface area (Å²) >= 11 is 0. The zero-order valence-electron chi connectivity index (χ0n) is 23.2. The number of benzene rings is 3. The molecular formula is C32H33N7O2. The van der Waals surface area contributed by atoms with Gasteiger partial charge in [-0.2, -0.15) is 4.98 Å². The number of nitrogen functional groups attached to an aromatic ring is 1. The first-order valence-corrected chi connectivity index (χ1v) is 13.7. The van der Waals surface area contributed by atoms with E-state index in [2.05, 4.69) is 33.2 Å². The summed E-state index contributed by atoms with van der Waals surface area (Å²) in [5, 5.41) is 4.05. The Kier molecular flexibility index (Phi) is 7.26. The van der Waals surface area contributed by atoms with Gasteiger partial charge in [-0.15, -0.1) is 0 Å². The summed E-state index contributed by atoms with van der Waals surface area (Å²) in [4.78, 5) is 28.0. The van der Waals surface area contributed by atoms with Crippen LogP contribution in [0.3, 0.4) is 0 Å². The van der Waals surface area contributed by atoms with Crippen LogP contribution in [-0.4, -0.2) is 59.8 Å². The van der Waals surface area contributed by atoms with Gasteiger partial charge in [0.05, 0.1) is 18.5 Å². The quantitative estimate of drug-likeness (QED) is 0.288. The first kappa shape index (κ1) is 26.3. The minimum absolute atomic E-state index is 0.147. The lowest BCUT2D eigenvalue weighted by Gasteiger charge is -2.34. The number of fused-ring (bicyclic) bond motifs is 1. The number of nitrogens with one attached hydrogen (secondary N) is 1. The Bertz CT molecular complexity index is 1750. The molecule has 1 fully saturated rings. The highest BCUT2D eigenvalue weighted by molar-refractivity contribution is 5.79. The van der Waals surface area contributed by atoms with E-state index in [1.54, 1.807) is 30.0 Å². The molecule has 0 saturated carbocycles. The molecule has 0 radical (unpaired) electrons. The van der Waals surface area contributed by atoms with Gasteiger partial charge in [0.2, 0.25) is 5.95 Å². The van der Waals surface area contributed by atoms with Crippen LogP contribution in [-0.2, 0) is 6.42 Å². The van der Waals surface area contributed by atoms with Crippen molar-refractivity contribution in [2.24, 2.45) is 0 Å². The fourth-order valence-corrected chi connectivity index (χ4v) is 5.22. The number of anilines is 4. The van der Waals surface area contributed by atoms with E-state index in [4.69, 9.17) is 15.5 Å². The number of likely N-dealkylation sites (N-methyl/N-ethyl adjacent to an activating group) is 1. The third-order valence-electron chi connectivity index (χ3n) is 7.48. The molecule has 0 unspecified atom stereocenters. The van der Waals surface area contributed by atoms with Crippen molar-refractivity contribution in [3.05, 3.63) is 107 Å². The van der Waals surface area contributed by atoms with Crippen molar-refractivity contribution < 1.29 is 4.74 Å². The molecule has 9 nitrogen and oxygen atoms in total. The molecule has 2 aromatic heterocycles. The van der Waals surface area contributed by atoms with Crippen LogP contribution in [0.5, 0.6) is 5.75 Å². The van der Waals surface area contributed by atoms with E-state index in [0.717, 1.165) is 48.5 Å². The fourth-order valence-electron chi connectivity index (χ4n) is 5.22. The summed E-state index contributed by atoms with van der Waals surface area (Å²) in [5.41, 5.74) is 11.2. The Hall–Kier alpha value is -4.89. The molecule has 6 rings (SSSR count). The SMILES string of the molecule is COc1cc(N2CCN(C)CC2)ccc1Nc1ncc2cc(Cc3ccccc3)c(=O)n(-c3cccc(N)c3)c2n1. The van der Waals surface area contributed by atoms with Crippen molar-refractivity contribution in [3.63, 3.8) is 0 Å². The van der Waals surface area contributed by atoms with Crippen LogP contribution < -0.4 is 26.2 Å². The molecule has 9 heteroatoms. The van der Waals surface area contributed by atoms with Crippen LogP contribution in [0.25, 0.3) is 16.7 Å². The zero-order chi connectivity index (χ0) is 28.3. The molecule has 208 valence electrons. The van der Waals surface area contributed by atoms with Crippen LogP contribution in [0, 0.1) is 0 Å². The van der Waals surface area contributed by atoms with Crippen LogP contribution in [0.2, 0.25) is 0 Å². The number of hydrogen-bond donors (Lipinski definition) is 2. The average Bonchev–Trinajstić information content (AvgIpc) is 2.99. The van der Waals surface area contributed by atoms with E-state index in [1.165, 1.54) is 0 Å². The van der Waals surface area contributed by atoms with E-state index >= 15 is 0 Å². The predicted molar refractivity (Wildman–Crippen MR) is 165 cm³/mol. The Morgan fingerprint density at radius 3 is 2.49 bits per heavy atom. The first-order chi connectivity index (χ1) is 20.0. The third kappa shape index (κ3) is 5.57. The maximum atomic E-state index is 13.9. The van der Waals surface area contributed by atoms with Gasteiger partial charge in [-0.05, 0) is 49.0 Å². The maximum Gasteiger partial charge on any atom is 0.260 e. The molecule has 3 heterocycles. The number of piperazine rings is 1. The molecule has 3 aromatic carbocycles. The maximum absolute atomic E-state index is 13.9. The molecule has 5 aromatic rings. The van der Waals surface area contributed by atoms with Crippen molar-refractivity contribution in [1.29, 1.82) is 0 Å². The highest BCUT2D eigenvalue weighted by Gasteiger charge is 2.18. The molecule has 0 spiro atoms. The Morgan fingerprint density at radius 2 is 1.73 bits per heavy atom. The molecule has 1 aliphatic rings. The fraction of sp³-hybridized carbons (Fsp3) is 0.219. The van der Waals surface area contributed by atoms with E-state index in [9.17, 15) is 4.79 Å². The van der Waals surface area contributed by atoms with Crippen LogP contribution in [0.1, 0.15) is 11.1 Å². The Balaban J connectivity index is 1.39. The lowest BCUT2D eigenvalue weighted by Crippen LogP contribution is -2.44. The van der Waals surface area contributed by atoms with Gasteiger partial charge in [0, 0.05) is 67.2 Å². The third-order valence-corrected chi connectivity index (χ3v) is 7.48. The minimum atomic E-state index is -0.147. The van der Waals surface area contributed by atoms with Gasteiger partial charge in [0.15, 0.2) is 5.65 Å². The van der Waals surface area contributed by atoms with Crippen molar-refractivity contribution >= 4 is 34.0 Å². The molecule has 3 N–H and O–H groups in total. The van der Waals surface area contributed by atoms with Crippen molar-refractivity contribution in [1.82, 2.24) is 19.4 Å². The van der Waals surface area contributed by atoms with E-state index in [-0.39, 0.29) is 5.56 Å². The molecule has 1 aliphatic heterocycles. The van der Waals surface area contributed by atoms with Gasteiger partial charge >= 0.3 is 0 Å². The van der Waals surface area contributed by atoms with Gasteiger partial charge in [0.25, 0.3) is 5.56 Å². The second-order valence-electron chi connectivity index (χ2n) is 10.3. The highest BCUT2D eigenvalue weighted by atomic mass is 16.5. The summed E-state index contributed by atoms with van der Waals surface area (Å²) in [7, 11) is 3.80. The number of pyridine rings is 1.